The molecule has 0 spiro atoms. The van der Waals surface area contributed by atoms with Crippen molar-refractivity contribution in [1.82, 2.24) is 0 Å². The zero-order chi connectivity index (χ0) is 13.0. The average Bonchev–Trinajstić information content (AvgIpc) is 2.36. The fourth-order valence-corrected chi connectivity index (χ4v) is 1.48. The lowest BCUT2D eigenvalue weighted by atomic mass is 10.2. The Kier molecular flexibility index (Phi) is 3.78. The van der Waals surface area contributed by atoms with Crippen molar-refractivity contribution < 1.29 is 28.9 Å². The zero-order valence-electron chi connectivity index (χ0n) is 9.50. The Morgan fingerprint density at radius 2 is 1.78 bits per heavy atom. The SMILES string of the molecule is O=C1CC(=O)OC(c2ccc(OCCO)cc2)O1. The highest BCUT2D eigenvalue weighted by Crippen LogP contribution is 2.25. The molecule has 18 heavy (non-hydrogen) atoms. The Labute approximate surface area is 103 Å². The van der Waals surface area contributed by atoms with E-state index in [9.17, 15) is 9.59 Å². The molecule has 1 aliphatic rings. The van der Waals surface area contributed by atoms with Gasteiger partial charge in [0.05, 0.1) is 6.61 Å². The van der Waals surface area contributed by atoms with Gasteiger partial charge in [0.1, 0.15) is 18.8 Å². The first kappa shape index (κ1) is 12.4. The smallest absolute Gasteiger partial charge is 0.320 e. The van der Waals surface area contributed by atoms with E-state index < -0.39 is 18.2 Å². The normalized spacial score (nSPS) is 16.1. The fraction of sp³-hybridized carbons (Fsp3) is 0.333. The van der Waals surface area contributed by atoms with Crippen LogP contribution in [0.25, 0.3) is 0 Å². The molecule has 0 radical (unpaired) electrons. The van der Waals surface area contributed by atoms with Crippen LogP contribution in [-0.2, 0) is 19.1 Å². The van der Waals surface area contributed by atoms with Crippen LogP contribution in [0, 0.1) is 0 Å². The van der Waals surface area contributed by atoms with E-state index in [2.05, 4.69) is 0 Å². The van der Waals surface area contributed by atoms with Crippen LogP contribution in [0.3, 0.4) is 0 Å². The number of esters is 2. The van der Waals surface area contributed by atoms with Crippen LogP contribution in [0.2, 0.25) is 0 Å². The van der Waals surface area contributed by atoms with Crippen LogP contribution in [0.4, 0.5) is 0 Å². The maximum Gasteiger partial charge on any atom is 0.320 e. The predicted octanol–water partition coefficient (Wildman–Crippen LogP) is 0.546. The van der Waals surface area contributed by atoms with Crippen LogP contribution in [0.5, 0.6) is 5.75 Å². The first-order valence-electron chi connectivity index (χ1n) is 5.41. The summed E-state index contributed by atoms with van der Waals surface area (Å²) in [5, 5.41) is 8.60. The highest BCUT2D eigenvalue weighted by Gasteiger charge is 2.28. The summed E-state index contributed by atoms with van der Waals surface area (Å²) < 4.78 is 15.0. The number of carbonyl (C=O) groups is 2. The van der Waals surface area contributed by atoms with Crippen LogP contribution in [0.1, 0.15) is 18.3 Å². The maximum absolute atomic E-state index is 11.1. The van der Waals surface area contributed by atoms with Crippen molar-refractivity contribution in [2.45, 2.75) is 12.7 Å². The standard InChI is InChI=1S/C12H12O6/c13-5-6-16-9-3-1-8(2-4-9)12-17-10(14)7-11(15)18-12/h1-4,12-13H,5-7H2. The molecule has 1 N–H and O–H groups in total. The Morgan fingerprint density at radius 1 is 1.17 bits per heavy atom. The summed E-state index contributed by atoms with van der Waals surface area (Å²) in [5.74, 6) is -0.630. The molecule has 0 atom stereocenters. The summed E-state index contributed by atoms with van der Waals surface area (Å²) in [6.45, 7) is 0.131. The van der Waals surface area contributed by atoms with E-state index in [1.54, 1.807) is 24.3 Å². The summed E-state index contributed by atoms with van der Waals surface area (Å²) in [6, 6.07) is 6.54. The molecular weight excluding hydrogens is 240 g/mol. The van der Waals surface area contributed by atoms with Gasteiger partial charge in [0.2, 0.25) is 0 Å². The highest BCUT2D eigenvalue weighted by atomic mass is 16.7. The number of cyclic esters (lactones) is 2. The van der Waals surface area contributed by atoms with E-state index in [0.29, 0.717) is 11.3 Å². The minimum Gasteiger partial charge on any atom is -0.491 e. The van der Waals surface area contributed by atoms with Crippen LogP contribution in [-0.4, -0.2) is 30.3 Å². The van der Waals surface area contributed by atoms with Crippen molar-refractivity contribution in [2.75, 3.05) is 13.2 Å². The molecule has 0 aliphatic carbocycles. The van der Waals surface area contributed by atoms with Crippen LogP contribution >= 0.6 is 0 Å². The summed E-state index contributed by atoms with van der Waals surface area (Å²) in [4.78, 5) is 22.2. The topological polar surface area (TPSA) is 82.1 Å². The second kappa shape index (κ2) is 5.50. The number of aliphatic hydroxyl groups excluding tert-OH is 1. The summed E-state index contributed by atoms with van der Waals surface area (Å²) in [5.41, 5.74) is 0.549. The van der Waals surface area contributed by atoms with Crippen molar-refractivity contribution in [3.8, 4) is 5.75 Å². The molecule has 1 aromatic rings. The van der Waals surface area contributed by atoms with Gasteiger partial charge in [0.15, 0.2) is 0 Å². The van der Waals surface area contributed by atoms with Gasteiger partial charge >= 0.3 is 11.9 Å². The second-order valence-corrected chi connectivity index (χ2v) is 3.63. The van der Waals surface area contributed by atoms with E-state index in [0.717, 1.165) is 0 Å². The molecule has 2 rings (SSSR count). The lowest BCUT2D eigenvalue weighted by molar-refractivity contribution is -0.204. The van der Waals surface area contributed by atoms with E-state index in [-0.39, 0.29) is 19.6 Å². The number of ether oxygens (including phenoxy) is 3. The Morgan fingerprint density at radius 3 is 2.33 bits per heavy atom. The first-order valence-corrected chi connectivity index (χ1v) is 5.41. The molecule has 1 heterocycles. The van der Waals surface area contributed by atoms with Crippen molar-refractivity contribution in [3.05, 3.63) is 29.8 Å². The van der Waals surface area contributed by atoms with Gasteiger partial charge in [-0.05, 0) is 24.3 Å². The lowest BCUT2D eigenvalue weighted by Crippen LogP contribution is -2.26. The monoisotopic (exact) mass is 252 g/mol. The third kappa shape index (κ3) is 2.98. The summed E-state index contributed by atoms with van der Waals surface area (Å²) >= 11 is 0. The van der Waals surface area contributed by atoms with Gasteiger partial charge in [-0.25, -0.2) is 0 Å². The van der Waals surface area contributed by atoms with Gasteiger partial charge in [-0.2, -0.15) is 0 Å². The van der Waals surface area contributed by atoms with E-state index in [4.69, 9.17) is 19.3 Å². The average molecular weight is 252 g/mol. The molecule has 0 saturated carbocycles. The Bertz CT molecular complexity index is 422. The number of hydrogen-bond donors (Lipinski definition) is 1. The van der Waals surface area contributed by atoms with Gasteiger partial charge in [-0.15, -0.1) is 0 Å². The van der Waals surface area contributed by atoms with Crippen molar-refractivity contribution in [1.29, 1.82) is 0 Å². The maximum atomic E-state index is 11.1. The van der Waals surface area contributed by atoms with Crippen LogP contribution < -0.4 is 4.74 Å². The lowest BCUT2D eigenvalue weighted by Gasteiger charge is -2.22. The Balaban J connectivity index is 2.04. The number of carbonyl (C=O) groups excluding carboxylic acids is 2. The zero-order valence-corrected chi connectivity index (χ0v) is 9.50. The van der Waals surface area contributed by atoms with Gasteiger partial charge in [0, 0.05) is 5.56 Å². The molecule has 1 aromatic carbocycles. The fourth-order valence-electron chi connectivity index (χ4n) is 1.48. The molecule has 6 nitrogen and oxygen atoms in total. The number of rotatable bonds is 4. The molecule has 0 aromatic heterocycles. The summed E-state index contributed by atoms with van der Waals surface area (Å²) in [6.07, 6.45) is -1.35. The summed E-state index contributed by atoms with van der Waals surface area (Å²) in [7, 11) is 0. The predicted molar refractivity (Wildman–Crippen MR) is 58.6 cm³/mol. The van der Waals surface area contributed by atoms with E-state index in [1.807, 2.05) is 0 Å². The quantitative estimate of drug-likeness (QED) is 0.622. The third-order valence-corrected chi connectivity index (χ3v) is 2.28. The molecule has 0 bridgehead atoms. The first-order chi connectivity index (χ1) is 8.69. The van der Waals surface area contributed by atoms with E-state index in [1.165, 1.54) is 0 Å². The Hall–Kier alpha value is -2.08. The highest BCUT2D eigenvalue weighted by molar-refractivity contribution is 5.92. The molecular formula is C12H12O6. The molecule has 0 unspecified atom stereocenters. The molecule has 0 amide bonds. The van der Waals surface area contributed by atoms with Gasteiger partial charge in [0.25, 0.3) is 6.29 Å². The molecule has 1 saturated heterocycles. The molecule has 1 aliphatic heterocycles. The number of hydrogen-bond acceptors (Lipinski definition) is 6. The molecule has 96 valence electrons. The van der Waals surface area contributed by atoms with Crippen molar-refractivity contribution in [2.24, 2.45) is 0 Å². The minimum atomic E-state index is -0.995. The van der Waals surface area contributed by atoms with E-state index >= 15 is 0 Å². The number of aliphatic hydroxyl groups is 1. The minimum absolute atomic E-state index is 0.0698. The van der Waals surface area contributed by atoms with Gasteiger partial charge in [-0.1, -0.05) is 0 Å². The van der Waals surface area contributed by atoms with Crippen molar-refractivity contribution >= 4 is 11.9 Å². The molecule has 1 fully saturated rings. The second-order valence-electron chi connectivity index (χ2n) is 3.63. The van der Waals surface area contributed by atoms with Crippen LogP contribution in [0.15, 0.2) is 24.3 Å². The number of benzene rings is 1. The largest absolute Gasteiger partial charge is 0.491 e. The van der Waals surface area contributed by atoms with Gasteiger partial charge in [-0.3, -0.25) is 9.59 Å². The third-order valence-electron chi connectivity index (χ3n) is 2.28. The van der Waals surface area contributed by atoms with Gasteiger partial charge < -0.3 is 19.3 Å². The molecule has 6 heteroatoms. The van der Waals surface area contributed by atoms with Crippen molar-refractivity contribution in [3.63, 3.8) is 0 Å².